The van der Waals surface area contributed by atoms with Crippen LogP contribution in [0.2, 0.25) is 0 Å². The number of rotatable bonds is 3. The van der Waals surface area contributed by atoms with Crippen molar-refractivity contribution in [1.29, 1.82) is 0 Å². The van der Waals surface area contributed by atoms with Crippen LogP contribution in [0.15, 0.2) is 12.3 Å². The van der Waals surface area contributed by atoms with E-state index in [0.717, 1.165) is 25.1 Å². The molecule has 1 aliphatic carbocycles. The first kappa shape index (κ1) is 7.34. The first-order chi connectivity index (χ1) is 5.81. The third kappa shape index (κ3) is 1.20. The van der Waals surface area contributed by atoms with Gasteiger partial charge in [-0.25, -0.2) is 0 Å². The van der Waals surface area contributed by atoms with Gasteiger partial charge in [-0.1, -0.05) is 0 Å². The van der Waals surface area contributed by atoms with Crippen molar-refractivity contribution in [3.05, 3.63) is 12.3 Å². The Hall–Kier alpha value is -1.32. The van der Waals surface area contributed by atoms with E-state index in [9.17, 15) is 4.79 Å². The van der Waals surface area contributed by atoms with E-state index in [1.165, 1.54) is 0 Å². The second-order valence-corrected chi connectivity index (χ2v) is 3.09. The normalized spacial score (nSPS) is 16.1. The molecule has 0 spiro atoms. The largest absolute Gasteiger partial charge is 0.295 e. The predicted molar refractivity (Wildman–Crippen MR) is 44.8 cm³/mol. The van der Waals surface area contributed by atoms with Crippen molar-refractivity contribution in [2.75, 3.05) is 4.90 Å². The quantitative estimate of drug-likeness (QED) is 0.613. The van der Waals surface area contributed by atoms with Gasteiger partial charge in [-0.3, -0.25) is 14.4 Å². The number of carbonyl (C=O) groups is 1. The van der Waals surface area contributed by atoms with Crippen molar-refractivity contribution >= 4 is 12.2 Å². The van der Waals surface area contributed by atoms with Crippen LogP contribution < -0.4 is 4.90 Å². The van der Waals surface area contributed by atoms with Crippen LogP contribution in [0.3, 0.4) is 0 Å². The van der Waals surface area contributed by atoms with Crippen molar-refractivity contribution in [1.82, 2.24) is 9.78 Å². The predicted octanol–water partition coefficient (Wildman–Crippen LogP) is 0.545. The number of amides is 1. The summed E-state index contributed by atoms with van der Waals surface area (Å²) in [6.45, 7) is 0. The maximum absolute atomic E-state index is 10.7. The zero-order chi connectivity index (χ0) is 8.55. The van der Waals surface area contributed by atoms with Gasteiger partial charge in [-0.05, 0) is 12.8 Å². The fourth-order valence-corrected chi connectivity index (χ4v) is 1.22. The van der Waals surface area contributed by atoms with Gasteiger partial charge in [0.2, 0.25) is 6.41 Å². The highest BCUT2D eigenvalue weighted by molar-refractivity contribution is 5.74. The number of anilines is 1. The molecule has 0 unspecified atom stereocenters. The maximum atomic E-state index is 10.7. The molecule has 1 aromatic heterocycles. The highest BCUT2D eigenvalue weighted by atomic mass is 16.1. The Balaban J connectivity index is 2.20. The van der Waals surface area contributed by atoms with E-state index >= 15 is 0 Å². The zero-order valence-electron chi connectivity index (χ0n) is 6.97. The summed E-state index contributed by atoms with van der Waals surface area (Å²) in [5, 5.41) is 4.15. The highest BCUT2D eigenvalue weighted by Gasteiger charge is 2.30. The standard InChI is InChI=1S/C8H11N3O/c1-10-5-4-8(9-10)11(6-12)7-2-3-7/h4-7H,2-3H2,1H3. The minimum atomic E-state index is 0.400. The Bertz CT molecular complexity index is 290. The van der Waals surface area contributed by atoms with Crippen LogP contribution in [0.4, 0.5) is 5.82 Å². The number of nitrogens with zero attached hydrogens (tertiary/aromatic N) is 3. The van der Waals surface area contributed by atoms with E-state index in [0.29, 0.717) is 6.04 Å². The molecule has 1 fully saturated rings. The molecule has 1 heterocycles. The van der Waals surface area contributed by atoms with Gasteiger partial charge in [0.25, 0.3) is 0 Å². The first-order valence-electron chi connectivity index (χ1n) is 4.04. The smallest absolute Gasteiger partial charge is 0.215 e. The van der Waals surface area contributed by atoms with Crippen LogP contribution in [0.1, 0.15) is 12.8 Å². The topological polar surface area (TPSA) is 38.1 Å². The minimum Gasteiger partial charge on any atom is -0.295 e. The molecule has 4 nitrogen and oxygen atoms in total. The molecule has 1 amide bonds. The summed E-state index contributed by atoms with van der Waals surface area (Å²) in [7, 11) is 1.85. The van der Waals surface area contributed by atoms with Crippen LogP contribution in [-0.2, 0) is 11.8 Å². The summed E-state index contributed by atoms with van der Waals surface area (Å²) in [5.74, 6) is 0.759. The summed E-state index contributed by atoms with van der Waals surface area (Å²) < 4.78 is 1.70. The van der Waals surface area contributed by atoms with Gasteiger partial charge in [-0.15, -0.1) is 0 Å². The molecule has 1 saturated carbocycles. The molecule has 0 aromatic carbocycles. The third-order valence-corrected chi connectivity index (χ3v) is 2.02. The lowest BCUT2D eigenvalue weighted by atomic mass is 10.5. The number of carbonyl (C=O) groups excluding carboxylic acids is 1. The lowest BCUT2D eigenvalue weighted by Gasteiger charge is -2.11. The molecule has 0 N–H and O–H groups in total. The molecule has 64 valence electrons. The van der Waals surface area contributed by atoms with E-state index in [1.807, 2.05) is 19.3 Å². The summed E-state index contributed by atoms with van der Waals surface area (Å²) >= 11 is 0. The molecule has 0 atom stereocenters. The molecule has 0 radical (unpaired) electrons. The molecular weight excluding hydrogens is 154 g/mol. The van der Waals surface area contributed by atoms with Crippen molar-refractivity contribution in [3.63, 3.8) is 0 Å². The molecular formula is C8H11N3O. The van der Waals surface area contributed by atoms with Crippen LogP contribution in [0.25, 0.3) is 0 Å². The van der Waals surface area contributed by atoms with Gasteiger partial charge in [-0.2, -0.15) is 5.10 Å². The molecule has 2 rings (SSSR count). The number of aryl methyl sites for hydroxylation is 1. The van der Waals surface area contributed by atoms with Crippen molar-refractivity contribution in [2.45, 2.75) is 18.9 Å². The van der Waals surface area contributed by atoms with Gasteiger partial charge in [0.15, 0.2) is 5.82 Å². The summed E-state index contributed by atoms with van der Waals surface area (Å²) in [6, 6.07) is 2.25. The average molecular weight is 165 g/mol. The zero-order valence-corrected chi connectivity index (χ0v) is 6.97. The molecule has 12 heavy (non-hydrogen) atoms. The van der Waals surface area contributed by atoms with Crippen LogP contribution in [-0.4, -0.2) is 22.2 Å². The summed E-state index contributed by atoms with van der Waals surface area (Å²) in [4.78, 5) is 12.4. The lowest BCUT2D eigenvalue weighted by Crippen LogP contribution is -2.23. The van der Waals surface area contributed by atoms with E-state index in [1.54, 1.807) is 9.58 Å². The fourth-order valence-electron chi connectivity index (χ4n) is 1.22. The Morgan fingerprint density at radius 1 is 1.75 bits per heavy atom. The molecule has 1 aliphatic rings. The van der Waals surface area contributed by atoms with Gasteiger partial charge >= 0.3 is 0 Å². The van der Waals surface area contributed by atoms with Crippen molar-refractivity contribution in [3.8, 4) is 0 Å². The number of aromatic nitrogens is 2. The Morgan fingerprint density at radius 3 is 2.92 bits per heavy atom. The van der Waals surface area contributed by atoms with Gasteiger partial charge in [0, 0.05) is 25.4 Å². The molecule has 4 heteroatoms. The van der Waals surface area contributed by atoms with Crippen LogP contribution in [0, 0.1) is 0 Å². The SMILES string of the molecule is Cn1ccc(N(C=O)C2CC2)n1. The minimum absolute atomic E-state index is 0.400. The van der Waals surface area contributed by atoms with E-state index in [2.05, 4.69) is 5.10 Å². The van der Waals surface area contributed by atoms with Gasteiger partial charge in [0.05, 0.1) is 0 Å². The molecule has 0 saturated heterocycles. The fraction of sp³-hybridized carbons (Fsp3) is 0.500. The average Bonchev–Trinajstić information content (AvgIpc) is 2.78. The Labute approximate surface area is 70.8 Å². The van der Waals surface area contributed by atoms with Gasteiger partial charge in [0.1, 0.15) is 0 Å². The van der Waals surface area contributed by atoms with Crippen LogP contribution >= 0.6 is 0 Å². The Morgan fingerprint density at radius 2 is 2.50 bits per heavy atom. The lowest BCUT2D eigenvalue weighted by molar-refractivity contribution is -0.107. The van der Waals surface area contributed by atoms with E-state index < -0.39 is 0 Å². The Kier molecular flexibility index (Phi) is 1.60. The first-order valence-corrected chi connectivity index (χ1v) is 4.04. The monoisotopic (exact) mass is 165 g/mol. The molecule has 0 bridgehead atoms. The molecule has 0 aliphatic heterocycles. The third-order valence-electron chi connectivity index (χ3n) is 2.02. The van der Waals surface area contributed by atoms with E-state index in [4.69, 9.17) is 0 Å². The second-order valence-electron chi connectivity index (χ2n) is 3.09. The van der Waals surface area contributed by atoms with Crippen LogP contribution in [0.5, 0.6) is 0 Å². The number of hydrogen-bond acceptors (Lipinski definition) is 2. The summed E-state index contributed by atoms with van der Waals surface area (Å²) in [5.41, 5.74) is 0. The maximum Gasteiger partial charge on any atom is 0.215 e. The van der Waals surface area contributed by atoms with Gasteiger partial charge < -0.3 is 0 Å². The van der Waals surface area contributed by atoms with E-state index in [-0.39, 0.29) is 0 Å². The summed E-state index contributed by atoms with van der Waals surface area (Å²) in [6.07, 6.45) is 4.92. The highest BCUT2D eigenvalue weighted by Crippen LogP contribution is 2.28. The second kappa shape index (κ2) is 2.62. The van der Waals surface area contributed by atoms with Crippen molar-refractivity contribution < 1.29 is 4.79 Å². The molecule has 1 aromatic rings. The van der Waals surface area contributed by atoms with Crippen molar-refractivity contribution in [2.24, 2.45) is 7.05 Å². The number of hydrogen-bond donors (Lipinski definition) is 0.